The molecule has 3 heteroatoms. The van der Waals surface area contributed by atoms with Gasteiger partial charge >= 0.3 is 0 Å². The van der Waals surface area contributed by atoms with Crippen LogP contribution in [0, 0.1) is 11.8 Å². The topological polar surface area (TPSA) is 18.5 Å². The first kappa shape index (κ1) is 16.3. The Kier molecular flexibility index (Phi) is 5.49. The number of hydrogen-bond acceptors (Lipinski definition) is 3. The van der Waals surface area contributed by atoms with Gasteiger partial charge in [-0.3, -0.25) is 0 Å². The molecule has 118 valence electrons. The molecule has 2 fully saturated rings. The van der Waals surface area contributed by atoms with Crippen LogP contribution in [-0.2, 0) is 0 Å². The molecule has 1 aliphatic carbocycles. The summed E-state index contributed by atoms with van der Waals surface area (Å²) >= 11 is 0. The molecule has 2 aliphatic rings. The average Bonchev–Trinajstić information content (AvgIpc) is 2.29. The summed E-state index contributed by atoms with van der Waals surface area (Å²) in [5, 5.41) is 3.68. The zero-order chi connectivity index (χ0) is 14.8. The number of nitrogens with zero attached hydrogens (tertiary/aromatic N) is 2. The van der Waals surface area contributed by atoms with Crippen LogP contribution in [0.2, 0.25) is 0 Å². The van der Waals surface area contributed by atoms with Gasteiger partial charge in [-0.2, -0.15) is 0 Å². The molecule has 3 nitrogen and oxygen atoms in total. The van der Waals surface area contributed by atoms with Crippen molar-refractivity contribution < 1.29 is 0 Å². The Labute approximate surface area is 126 Å². The minimum absolute atomic E-state index is 0.257. The van der Waals surface area contributed by atoms with Crippen molar-refractivity contribution in [1.82, 2.24) is 15.1 Å². The summed E-state index contributed by atoms with van der Waals surface area (Å²) in [4.78, 5) is 5.13. The minimum Gasteiger partial charge on any atom is -0.312 e. The van der Waals surface area contributed by atoms with Gasteiger partial charge in [-0.1, -0.05) is 0 Å². The summed E-state index contributed by atoms with van der Waals surface area (Å²) < 4.78 is 0. The summed E-state index contributed by atoms with van der Waals surface area (Å²) in [6.07, 6.45) is 5.59. The second-order valence-electron chi connectivity index (χ2n) is 8.22. The molecule has 0 aromatic carbocycles. The van der Waals surface area contributed by atoms with E-state index in [-0.39, 0.29) is 5.54 Å². The predicted molar refractivity (Wildman–Crippen MR) is 87.1 cm³/mol. The van der Waals surface area contributed by atoms with Crippen molar-refractivity contribution >= 4 is 0 Å². The van der Waals surface area contributed by atoms with Crippen LogP contribution >= 0.6 is 0 Å². The third-order valence-corrected chi connectivity index (χ3v) is 5.22. The highest BCUT2D eigenvalue weighted by molar-refractivity contribution is 4.91. The molecule has 1 N–H and O–H groups in total. The van der Waals surface area contributed by atoms with Crippen molar-refractivity contribution in [3.05, 3.63) is 0 Å². The number of likely N-dealkylation sites (tertiary alicyclic amines) is 1. The molecule has 0 radical (unpaired) electrons. The summed E-state index contributed by atoms with van der Waals surface area (Å²) in [6, 6.07) is 0.824. The van der Waals surface area contributed by atoms with Crippen LogP contribution < -0.4 is 5.32 Å². The SMILES string of the molecule is CN1CCC(CN(C)C2CCC2CNC(C)(C)C)CC1. The number of nitrogens with one attached hydrogen (secondary N) is 1. The fraction of sp³-hybridized carbons (Fsp3) is 1.00. The highest BCUT2D eigenvalue weighted by atomic mass is 15.2. The maximum absolute atomic E-state index is 3.68. The van der Waals surface area contributed by atoms with Gasteiger partial charge in [-0.25, -0.2) is 0 Å². The Morgan fingerprint density at radius 2 is 1.75 bits per heavy atom. The third kappa shape index (κ3) is 4.71. The zero-order valence-electron chi connectivity index (χ0n) is 14.3. The molecule has 0 amide bonds. The Hall–Kier alpha value is -0.120. The van der Waals surface area contributed by atoms with E-state index in [9.17, 15) is 0 Å². The average molecular weight is 281 g/mol. The van der Waals surface area contributed by atoms with Gasteiger partial charge in [0.15, 0.2) is 0 Å². The van der Waals surface area contributed by atoms with E-state index in [4.69, 9.17) is 0 Å². The molecule has 1 heterocycles. The van der Waals surface area contributed by atoms with Crippen LogP contribution in [-0.4, -0.2) is 61.7 Å². The summed E-state index contributed by atoms with van der Waals surface area (Å²) in [5.41, 5.74) is 0.257. The van der Waals surface area contributed by atoms with Crippen molar-refractivity contribution in [2.24, 2.45) is 11.8 Å². The second-order valence-corrected chi connectivity index (χ2v) is 8.22. The summed E-state index contributed by atoms with van der Waals surface area (Å²) in [5.74, 6) is 1.79. The van der Waals surface area contributed by atoms with Crippen molar-refractivity contribution in [3.8, 4) is 0 Å². The van der Waals surface area contributed by atoms with Crippen LogP contribution in [0.3, 0.4) is 0 Å². The van der Waals surface area contributed by atoms with Crippen LogP contribution in [0.5, 0.6) is 0 Å². The first-order valence-corrected chi connectivity index (χ1v) is 8.49. The van der Waals surface area contributed by atoms with Crippen LogP contribution in [0.4, 0.5) is 0 Å². The lowest BCUT2D eigenvalue weighted by molar-refractivity contribution is 0.0566. The minimum atomic E-state index is 0.257. The van der Waals surface area contributed by atoms with Crippen molar-refractivity contribution in [2.75, 3.05) is 40.3 Å². The summed E-state index contributed by atoms with van der Waals surface area (Å²) in [7, 11) is 4.60. The van der Waals surface area contributed by atoms with E-state index in [0.29, 0.717) is 0 Å². The first-order valence-electron chi connectivity index (χ1n) is 8.49. The van der Waals surface area contributed by atoms with E-state index < -0.39 is 0 Å². The lowest BCUT2D eigenvalue weighted by Gasteiger charge is -2.45. The van der Waals surface area contributed by atoms with Crippen molar-refractivity contribution in [2.45, 2.75) is 58.0 Å². The fourth-order valence-electron chi connectivity index (χ4n) is 3.59. The molecule has 1 aliphatic heterocycles. The van der Waals surface area contributed by atoms with E-state index in [2.05, 4.69) is 50.0 Å². The molecule has 0 bridgehead atoms. The molecule has 0 aromatic heterocycles. The molecular formula is C17H35N3. The fourth-order valence-corrected chi connectivity index (χ4v) is 3.59. The Morgan fingerprint density at radius 1 is 1.10 bits per heavy atom. The maximum atomic E-state index is 3.68. The predicted octanol–water partition coefficient (Wildman–Crippen LogP) is 2.43. The second kappa shape index (κ2) is 6.76. The molecule has 2 unspecified atom stereocenters. The van der Waals surface area contributed by atoms with Gasteiger partial charge in [0.05, 0.1) is 0 Å². The van der Waals surface area contributed by atoms with Gasteiger partial charge in [0, 0.05) is 18.1 Å². The molecule has 2 rings (SSSR count). The van der Waals surface area contributed by atoms with Gasteiger partial charge in [-0.15, -0.1) is 0 Å². The number of hydrogen-bond donors (Lipinski definition) is 1. The van der Waals surface area contributed by atoms with Crippen molar-refractivity contribution in [1.29, 1.82) is 0 Å². The van der Waals surface area contributed by atoms with E-state index in [1.54, 1.807) is 0 Å². The molecule has 2 atom stereocenters. The quantitative estimate of drug-likeness (QED) is 0.835. The molecule has 1 saturated carbocycles. The molecule has 0 spiro atoms. The molecular weight excluding hydrogens is 246 g/mol. The van der Waals surface area contributed by atoms with E-state index in [1.807, 2.05) is 0 Å². The van der Waals surface area contributed by atoms with Gasteiger partial charge in [0.25, 0.3) is 0 Å². The standard InChI is InChI=1S/C17H35N3/c1-17(2,3)18-12-15-6-7-16(15)20(5)13-14-8-10-19(4)11-9-14/h14-16,18H,6-13H2,1-5H3. The van der Waals surface area contributed by atoms with Crippen LogP contribution in [0.15, 0.2) is 0 Å². The smallest absolute Gasteiger partial charge is 0.0133 e. The maximum Gasteiger partial charge on any atom is 0.0133 e. The highest BCUT2D eigenvalue weighted by Crippen LogP contribution is 2.32. The van der Waals surface area contributed by atoms with Crippen LogP contribution in [0.1, 0.15) is 46.5 Å². The van der Waals surface area contributed by atoms with Gasteiger partial charge in [-0.05, 0) is 92.0 Å². The lowest BCUT2D eigenvalue weighted by atomic mass is 9.77. The Balaban J connectivity index is 1.71. The third-order valence-electron chi connectivity index (χ3n) is 5.22. The normalized spacial score (nSPS) is 29.7. The van der Waals surface area contributed by atoms with Gasteiger partial charge in [0.1, 0.15) is 0 Å². The van der Waals surface area contributed by atoms with Gasteiger partial charge in [0.2, 0.25) is 0 Å². The summed E-state index contributed by atoms with van der Waals surface area (Å²) in [6.45, 7) is 11.9. The van der Waals surface area contributed by atoms with Crippen molar-refractivity contribution in [3.63, 3.8) is 0 Å². The zero-order valence-corrected chi connectivity index (χ0v) is 14.3. The lowest BCUT2D eigenvalue weighted by Crippen LogP contribution is -2.52. The van der Waals surface area contributed by atoms with E-state index in [1.165, 1.54) is 51.9 Å². The largest absolute Gasteiger partial charge is 0.312 e. The van der Waals surface area contributed by atoms with Gasteiger partial charge < -0.3 is 15.1 Å². The molecule has 20 heavy (non-hydrogen) atoms. The molecule has 1 saturated heterocycles. The number of piperidine rings is 1. The highest BCUT2D eigenvalue weighted by Gasteiger charge is 2.35. The van der Waals surface area contributed by atoms with E-state index in [0.717, 1.165) is 17.9 Å². The monoisotopic (exact) mass is 281 g/mol. The number of rotatable bonds is 5. The first-order chi connectivity index (χ1) is 9.35. The van der Waals surface area contributed by atoms with Crippen LogP contribution in [0.25, 0.3) is 0 Å². The Bertz CT molecular complexity index is 289. The van der Waals surface area contributed by atoms with E-state index >= 15 is 0 Å². The Morgan fingerprint density at radius 3 is 2.25 bits per heavy atom. The molecule has 0 aromatic rings.